The molecule has 1 N–H and O–H groups in total. The molecule has 156 valence electrons. The van der Waals surface area contributed by atoms with Crippen LogP contribution in [-0.2, 0) is 17.8 Å². The number of hydrogen-bond donors (Lipinski definition) is 1. The number of carbonyl (C=O) groups is 1. The van der Waals surface area contributed by atoms with E-state index in [1.165, 1.54) is 12.1 Å². The largest absolute Gasteiger partial charge is 0.481 e. The first-order valence-corrected chi connectivity index (χ1v) is 10.8. The molecule has 2 heterocycles. The van der Waals surface area contributed by atoms with Crippen LogP contribution in [0.2, 0.25) is 5.02 Å². The van der Waals surface area contributed by atoms with Crippen LogP contribution < -0.4 is 10.1 Å². The van der Waals surface area contributed by atoms with Gasteiger partial charge in [0.05, 0.1) is 5.02 Å². The Balaban J connectivity index is 1.48. The van der Waals surface area contributed by atoms with E-state index in [2.05, 4.69) is 36.0 Å². The molecule has 3 aromatic rings. The minimum absolute atomic E-state index is 0.0105. The van der Waals surface area contributed by atoms with Gasteiger partial charge < -0.3 is 14.6 Å². The van der Waals surface area contributed by atoms with Gasteiger partial charge in [0.2, 0.25) is 0 Å². The predicted octanol–water partition coefficient (Wildman–Crippen LogP) is 5.24. The number of anilines is 1. The smallest absolute Gasteiger partial charge is 0.262 e. The van der Waals surface area contributed by atoms with Crippen LogP contribution in [-0.4, -0.2) is 27.3 Å². The van der Waals surface area contributed by atoms with Crippen molar-refractivity contribution in [1.29, 1.82) is 0 Å². The maximum absolute atomic E-state index is 13.8. The highest BCUT2D eigenvalue weighted by Crippen LogP contribution is 2.31. The lowest BCUT2D eigenvalue weighted by atomic mass is 10.1. The van der Waals surface area contributed by atoms with Crippen LogP contribution in [0.3, 0.4) is 0 Å². The Labute approximate surface area is 186 Å². The van der Waals surface area contributed by atoms with Crippen molar-refractivity contribution in [2.24, 2.45) is 0 Å². The highest BCUT2D eigenvalue weighted by Gasteiger charge is 2.18. The number of aryl methyl sites for hydroxylation is 1. The first-order chi connectivity index (χ1) is 14.5. The van der Waals surface area contributed by atoms with Crippen molar-refractivity contribution < 1.29 is 13.9 Å². The molecule has 1 amide bonds. The van der Waals surface area contributed by atoms with E-state index in [0.29, 0.717) is 26.6 Å². The molecule has 4 rings (SSSR count). The van der Waals surface area contributed by atoms with Gasteiger partial charge in [-0.05, 0) is 49.2 Å². The minimum Gasteiger partial charge on any atom is -0.481 e. The molecule has 0 spiro atoms. The molecule has 0 atom stereocenters. The van der Waals surface area contributed by atoms with Crippen LogP contribution in [0.15, 0.2) is 40.9 Å². The molecule has 0 bridgehead atoms. The predicted molar refractivity (Wildman–Crippen MR) is 116 cm³/mol. The summed E-state index contributed by atoms with van der Waals surface area (Å²) in [4.78, 5) is 12.3. The molecule has 6 nitrogen and oxygen atoms in total. The summed E-state index contributed by atoms with van der Waals surface area (Å²) in [5, 5.41) is 11.9. The minimum atomic E-state index is -0.543. The Morgan fingerprint density at radius 1 is 1.20 bits per heavy atom. The second-order valence-electron chi connectivity index (χ2n) is 7.01. The van der Waals surface area contributed by atoms with Gasteiger partial charge in [0.25, 0.3) is 5.91 Å². The summed E-state index contributed by atoms with van der Waals surface area (Å²) < 4.78 is 21.8. The van der Waals surface area contributed by atoms with Crippen molar-refractivity contribution in [1.82, 2.24) is 14.8 Å². The third-order valence-electron chi connectivity index (χ3n) is 4.85. The third kappa shape index (κ3) is 4.65. The van der Waals surface area contributed by atoms with Crippen LogP contribution in [0.5, 0.6) is 5.75 Å². The normalized spacial score (nSPS) is 13.4. The van der Waals surface area contributed by atoms with E-state index in [1.807, 2.05) is 0 Å². The fourth-order valence-corrected chi connectivity index (χ4v) is 3.93. The number of ether oxygens (including phenoxy) is 1. The monoisotopic (exact) mass is 492 g/mol. The number of nitrogens with zero attached hydrogens (tertiary/aromatic N) is 3. The number of rotatable bonds is 5. The molecule has 1 aliphatic rings. The fraction of sp³-hybridized carbons (Fsp3) is 0.286. The molecule has 0 saturated heterocycles. The number of nitrogens with one attached hydrogen (secondary N) is 1. The number of benzene rings is 2. The summed E-state index contributed by atoms with van der Waals surface area (Å²) in [6.45, 7) is 0.522. The van der Waals surface area contributed by atoms with Gasteiger partial charge in [-0.15, -0.1) is 10.2 Å². The van der Waals surface area contributed by atoms with Crippen molar-refractivity contribution in [3.63, 3.8) is 0 Å². The lowest BCUT2D eigenvalue weighted by Gasteiger charge is -2.12. The van der Waals surface area contributed by atoms with Gasteiger partial charge in [-0.1, -0.05) is 34.0 Å². The van der Waals surface area contributed by atoms with E-state index >= 15 is 0 Å². The molecule has 2 aromatic carbocycles. The van der Waals surface area contributed by atoms with Gasteiger partial charge in [-0.25, -0.2) is 4.39 Å². The quantitative estimate of drug-likeness (QED) is 0.527. The summed E-state index contributed by atoms with van der Waals surface area (Å²) in [6.07, 6.45) is 4.22. The average Bonchev–Trinajstić information content (AvgIpc) is 2.96. The maximum atomic E-state index is 13.8. The van der Waals surface area contributed by atoms with Crippen molar-refractivity contribution in [3.8, 4) is 17.1 Å². The number of fused-ring (bicyclic) bond motifs is 1. The van der Waals surface area contributed by atoms with E-state index < -0.39 is 11.7 Å². The summed E-state index contributed by atoms with van der Waals surface area (Å²) >= 11 is 9.59. The molecule has 0 aliphatic carbocycles. The Bertz CT molecular complexity index is 1090. The number of hydrogen-bond acceptors (Lipinski definition) is 4. The van der Waals surface area contributed by atoms with Gasteiger partial charge in [0.1, 0.15) is 5.82 Å². The molecular formula is C21H19BrClFN4O2. The van der Waals surface area contributed by atoms with E-state index in [4.69, 9.17) is 16.3 Å². The Morgan fingerprint density at radius 3 is 2.90 bits per heavy atom. The number of amides is 1. The molecule has 0 saturated carbocycles. The lowest BCUT2D eigenvalue weighted by Crippen LogP contribution is -2.20. The van der Waals surface area contributed by atoms with Crippen LogP contribution in [0.4, 0.5) is 10.1 Å². The number of halogens is 3. The van der Waals surface area contributed by atoms with Gasteiger partial charge in [-0.3, -0.25) is 4.79 Å². The standard InChI is InChI=1S/C21H19BrClFN4O2/c22-13-5-8-18(17(24)10-13)30-12-20(29)25-14-6-7-16(23)15(11-14)21-27-26-19-4-2-1-3-9-28(19)21/h5-8,10-11H,1-4,9,12H2,(H,25,29). The van der Waals surface area contributed by atoms with Crippen LogP contribution in [0.25, 0.3) is 11.4 Å². The molecule has 9 heteroatoms. The summed E-state index contributed by atoms with van der Waals surface area (Å²) in [7, 11) is 0. The lowest BCUT2D eigenvalue weighted by molar-refractivity contribution is -0.118. The molecule has 0 unspecified atom stereocenters. The first-order valence-electron chi connectivity index (χ1n) is 9.61. The topological polar surface area (TPSA) is 69.0 Å². The molecule has 1 aromatic heterocycles. The van der Waals surface area contributed by atoms with Crippen molar-refractivity contribution in [2.75, 3.05) is 11.9 Å². The number of carbonyl (C=O) groups excluding carboxylic acids is 1. The number of aromatic nitrogens is 3. The van der Waals surface area contributed by atoms with E-state index in [0.717, 1.165) is 38.1 Å². The zero-order valence-corrected chi connectivity index (χ0v) is 18.3. The van der Waals surface area contributed by atoms with Crippen LogP contribution >= 0.6 is 27.5 Å². The zero-order valence-electron chi connectivity index (χ0n) is 16.0. The molecule has 1 aliphatic heterocycles. The highest BCUT2D eigenvalue weighted by molar-refractivity contribution is 9.10. The molecule has 0 radical (unpaired) electrons. The van der Waals surface area contributed by atoms with Crippen LogP contribution in [0, 0.1) is 5.82 Å². The van der Waals surface area contributed by atoms with Crippen molar-refractivity contribution in [3.05, 3.63) is 57.5 Å². The van der Waals surface area contributed by atoms with E-state index in [9.17, 15) is 9.18 Å². The van der Waals surface area contributed by atoms with Gasteiger partial charge in [0, 0.05) is 28.7 Å². The maximum Gasteiger partial charge on any atom is 0.262 e. The van der Waals surface area contributed by atoms with Crippen molar-refractivity contribution >= 4 is 39.1 Å². The SMILES string of the molecule is O=C(COc1ccc(Br)cc1F)Nc1ccc(Cl)c(-c2nnc3n2CCCCC3)c1. The Morgan fingerprint density at radius 2 is 2.07 bits per heavy atom. The second-order valence-corrected chi connectivity index (χ2v) is 8.33. The van der Waals surface area contributed by atoms with E-state index in [1.54, 1.807) is 24.3 Å². The second kappa shape index (κ2) is 9.14. The molecule has 0 fully saturated rings. The molecular weight excluding hydrogens is 475 g/mol. The third-order valence-corrected chi connectivity index (χ3v) is 5.68. The zero-order chi connectivity index (χ0) is 21.1. The van der Waals surface area contributed by atoms with Crippen LogP contribution in [0.1, 0.15) is 25.1 Å². The van der Waals surface area contributed by atoms with Gasteiger partial charge in [-0.2, -0.15) is 0 Å². The summed E-state index contributed by atoms with van der Waals surface area (Å²) in [5.74, 6) is 0.708. The Hall–Kier alpha value is -2.45. The van der Waals surface area contributed by atoms with Gasteiger partial charge >= 0.3 is 0 Å². The Kier molecular flexibility index (Phi) is 6.34. The fourth-order valence-electron chi connectivity index (χ4n) is 3.39. The average molecular weight is 494 g/mol. The molecule has 30 heavy (non-hydrogen) atoms. The first kappa shape index (κ1) is 20.8. The van der Waals surface area contributed by atoms with Crippen molar-refractivity contribution in [2.45, 2.75) is 32.2 Å². The summed E-state index contributed by atoms with van der Waals surface area (Å²) in [6, 6.07) is 9.56. The summed E-state index contributed by atoms with van der Waals surface area (Å²) in [5.41, 5.74) is 1.25. The van der Waals surface area contributed by atoms with Gasteiger partial charge in [0.15, 0.2) is 24.0 Å². The highest BCUT2D eigenvalue weighted by atomic mass is 79.9. The van der Waals surface area contributed by atoms with E-state index in [-0.39, 0.29) is 12.4 Å².